The first-order chi connectivity index (χ1) is 16.7. The fourth-order valence-electron chi connectivity index (χ4n) is 4.14. The summed E-state index contributed by atoms with van der Waals surface area (Å²) in [6, 6.07) is 10.4. The van der Waals surface area contributed by atoms with Crippen LogP contribution in [0.4, 0.5) is 0 Å². The van der Waals surface area contributed by atoms with Crippen molar-refractivity contribution in [1.29, 1.82) is 0 Å². The van der Waals surface area contributed by atoms with Gasteiger partial charge < -0.3 is 24.1 Å². The molecule has 0 spiro atoms. The van der Waals surface area contributed by atoms with Crippen LogP contribution >= 0.6 is 11.8 Å². The molecule has 1 amide bonds. The molecule has 0 aliphatic carbocycles. The summed E-state index contributed by atoms with van der Waals surface area (Å²) in [5.41, 5.74) is 4.05. The molecule has 2 aromatic carbocycles. The van der Waals surface area contributed by atoms with Crippen LogP contribution in [0.1, 0.15) is 33.6 Å². The van der Waals surface area contributed by atoms with Gasteiger partial charge in [0, 0.05) is 27.8 Å². The lowest BCUT2D eigenvalue weighted by Gasteiger charge is -2.19. The van der Waals surface area contributed by atoms with Gasteiger partial charge in [-0.3, -0.25) is 4.79 Å². The molecule has 0 saturated carbocycles. The highest BCUT2D eigenvalue weighted by Gasteiger charge is 2.21. The second kappa shape index (κ2) is 10.00. The molecule has 0 bridgehead atoms. The first-order valence-corrected chi connectivity index (χ1v) is 12.4. The van der Waals surface area contributed by atoms with Crippen molar-refractivity contribution in [1.82, 2.24) is 5.32 Å². The molecule has 0 radical (unpaired) electrons. The maximum absolute atomic E-state index is 12.8. The van der Waals surface area contributed by atoms with E-state index in [9.17, 15) is 19.5 Å². The Kier molecular flexibility index (Phi) is 7.03. The number of carbonyl (C=O) groups excluding carboxylic acids is 2. The molecule has 1 atom stereocenters. The summed E-state index contributed by atoms with van der Waals surface area (Å²) >= 11 is 1.38. The van der Waals surface area contributed by atoms with E-state index in [4.69, 9.17) is 8.83 Å². The van der Waals surface area contributed by atoms with Gasteiger partial charge in [0.05, 0.1) is 24.0 Å². The third-order valence-corrected chi connectivity index (χ3v) is 7.40. The fourth-order valence-corrected chi connectivity index (χ4v) is 5.14. The van der Waals surface area contributed by atoms with Crippen molar-refractivity contribution in [2.45, 2.75) is 45.9 Å². The topological polar surface area (TPSA) is 113 Å². The number of furan rings is 1. The second-order valence-corrected chi connectivity index (χ2v) is 9.68. The Balaban J connectivity index is 1.55. The summed E-state index contributed by atoms with van der Waals surface area (Å²) in [4.78, 5) is 37.1. The smallest absolute Gasteiger partial charge is 0.340 e. The Hall–Kier alpha value is -3.52. The van der Waals surface area contributed by atoms with E-state index in [2.05, 4.69) is 5.32 Å². The number of benzene rings is 2. The van der Waals surface area contributed by atoms with Gasteiger partial charge in [-0.15, -0.1) is 0 Å². The van der Waals surface area contributed by atoms with E-state index in [1.807, 2.05) is 57.2 Å². The molecule has 4 aromatic rings. The number of rotatable bonds is 8. The fraction of sp³-hybridized carbons (Fsp3) is 0.296. The summed E-state index contributed by atoms with van der Waals surface area (Å²) in [7, 11) is 0. The average molecular weight is 493 g/mol. The molecule has 182 valence electrons. The molecule has 35 heavy (non-hydrogen) atoms. The normalized spacial score (nSPS) is 12.2. The highest BCUT2D eigenvalue weighted by molar-refractivity contribution is 7.98. The van der Waals surface area contributed by atoms with Crippen LogP contribution in [-0.2, 0) is 21.8 Å². The third kappa shape index (κ3) is 4.98. The SMILES string of the molecule is Cc1oc2c(C)c3oc(=O)c(CC(=O)N[C@@H](CSCc4ccccc4)C(=O)[O-])c(C)c3cc2c1C. The first kappa shape index (κ1) is 24.6. The predicted molar refractivity (Wildman–Crippen MR) is 134 cm³/mol. The van der Waals surface area contributed by atoms with Crippen LogP contribution in [-0.4, -0.2) is 23.7 Å². The van der Waals surface area contributed by atoms with E-state index in [1.165, 1.54) is 11.8 Å². The van der Waals surface area contributed by atoms with Crippen molar-refractivity contribution in [2.24, 2.45) is 0 Å². The van der Waals surface area contributed by atoms with Gasteiger partial charge in [-0.25, -0.2) is 4.79 Å². The summed E-state index contributed by atoms with van der Waals surface area (Å²) in [6.07, 6.45) is -0.294. The second-order valence-electron chi connectivity index (χ2n) is 8.65. The molecule has 2 aromatic heterocycles. The number of thioether (sulfide) groups is 1. The van der Waals surface area contributed by atoms with Crippen molar-refractivity contribution in [2.75, 3.05) is 5.75 Å². The molecule has 0 saturated heterocycles. The molecule has 8 heteroatoms. The van der Waals surface area contributed by atoms with Crippen LogP contribution in [0.15, 0.2) is 50.0 Å². The van der Waals surface area contributed by atoms with E-state index in [-0.39, 0.29) is 17.7 Å². The number of aryl methyl sites for hydroxylation is 4. The van der Waals surface area contributed by atoms with Crippen molar-refractivity contribution in [3.63, 3.8) is 0 Å². The zero-order chi connectivity index (χ0) is 25.3. The summed E-state index contributed by atoms with van der Waals surface area (Å²) in [6.45, 7) is 7.44. The van der Waals surface area contributed by atoms with Crippen LogP contribution in [0.3, 0.4) is 0 Å². The Morgan fingerprint density at radius 3 is 2.31 bits per heavy atom. The van der Waals surface area contributed by atoms with Crippen LogP contribution in [0.2, 0.25) is 0 Å². The number of amides is 1. The predicted octanol–water partition coefficient (Wildman–Crippen LogP) is 3.48. The lowest BCUT2D eigenvalue weighted by atomic mass is 9.98. The molecular formula is C27H26NO6S-. The van der Waals surface area contributed by atoms with Crippen molar-refractivity contribution < 1.29 is 23.5 Å². The molecule has 0 aliphatic rings. The number of aliphatic carboxylic acids is 1. The Labute approximate surface area is 206 Å². The summed E-state index contributed by atoms with van der Waals surface area (Å²) < 4.78 is 11.4. The number of nitrogens with one attached hydrogen (secondary N) is 1. The molecule has 0 aliphatic heterocycles. The minimum Gasteiger partial charge on any atom is -0.548 e. The van der Waals surface area contributed by atoms with E-state index in [0.717, 1.165) is 33.2 Å². The Morgan fingerprint density at radius 1 is 0.971 bits per heavy atom. The standard InChI is InChI=1S/C27H27NO6S/c1-14-17(4)33-24-16(3)25-20(10-19(14)24)15(2)21(27(32)34-25)11-23(29)28-22(26(30)31)13-35-12-18-8-6-5-7-9-18/h5-10,22H,11-13H2,1-4H3,(H,28,29)(H,30,31)/p-1/t22-/m0/s1. The zero-order valence-corrected chi connectivity index (χ0v) is 20.8. The monoisotopic (exact) mass is 492 g/mol. The third-order valence-electron chi connectivity index (χ3n) is 6.30. The summed E-state index contributed by atoms with van der Waals surface area (Å²) in [5.74, 6) is -0.414. The molecule has 1 N–H and O–H groups in total. The minimum absolute atomic E-state index is 0.143. The maximum atomic E-state index is 12.8. The number of carboxylic acids is 1. The van der Waals surface area contributed by atoms with Crippen molar-refractivity contribution >= 4 is 45.6 Å². The molecule has 0 unspecified atom stereocenters. The van der Waals surface area contributed by atoms with Gasteiger partial charge in [0.2, 0.25) is 5.91 Å². The lowest BCUT2D eigenvalue weighted by Crippen LogP contribution is -2.50. The quantitative estimate of drug-likeness (QED) is 0.375. The van der Waals surface area contributed by atoms with E-state index in [1.54, 1.807) is 6.92 Å². The highest BCUT2D eigenvalue weighted by atomic mass is 32.2. The molecular weight excluding hydrogens is 466 g/mol. The van der Waals surface area contributed by atoms with Gasteiger partial charge in [-0.2, -0.15) is 11.8 Å². The van der Waals surface area contributed by atoms with Crippen LogP contribution in [0.25, 0.3) is 21.9 Å². The van der Waals surface area contributed by atoms with Gasteiger partial charge in [-0.1, -0.05) is 30.3 Å². The van der Waals surface area contributed by atoms with Crippen molar-refractivity contribution in [3.05, 3.63) is 80.4 Å². The van der Waals surface area contributed by atoms with Gasteiger partial charge in [0.1, 0.15) is 16.9 Å². The Morgan fingerprint density at radius 2 is 1.63 bits per heavy atom. The van der Waals surface area contributed by atoms with Gasteiger partial charge in [0.15, 0.2) is 0 Å². The first-order valence-electron chi connectivity index (χ1n) is 11.2. The number of carbonyl (C=O) groups is 2. The maximum Gasteiger partial charge on any atom is 0.340 e. The molecule has 2 heterocycles. The highest BCUT2D eigenvalue weighted by Crippen LogP contribution is 2.34. The zero-order valence-electron chi connectivity index (χ0n) is 20.0. The molecule has 4 rings (SSSR count). The Bertz CT molecular complexity index is 1490. The summed E-state index contributed by atoms with van der Waals surface area (Å²) in [5, 5.41) is 15.7. The van der Waals surface area contributed by atoms with E-state index in [0.29, 0.717) is 22.5 Å². The number of fused-ring (bicyclic) bond motifs is 2. The lowest BCUT2D eigenvalue weighted by molar-refractivity contribution is -0.307. The average Bonchev–Trinajstić information content (AvgIpc) is 3.11. The number of hydrogen-bond donors (Lipinski definition) is 1. The van der Waals surface area contributed by atoms with Gasteiger partial charge >= 0.3 is 5.63 Å². The largest absolute Gasteiger partial charge is 0.548 e. The van der Waals surface area contributed by atoms with E-state index < -0.39 is 23.5 Å². The number of carboxylic acid groups (broad SMARTS) is 1. The van der Waals surface area contributed by atoms with Crippen LogP contribution < -0.4 is 16.0 Å². The van der Waals surface area contributed by atoms with Gasteiger partial charge in [0.25, 0.3) is 0 Å². The van der Waals surface area contributed by atoms with Crippen LogP contribution in [0.5, 0.6) is 0 Å². The van der Waals surface area contributed by atoms with Gasteiger partial charge in [-0.05, 0) is 50.5 Å². The number of hydrogen-bond acceptors (Lipinski definition) is 7. The van der Waals surface area contributed by atoms with Crippen LogP contribution in [0, 0.1) is 27.7 Å². The molecule has 0 fully saturated rings. The van der Waals surface area contributed by atoms with Crippen molar-refractivity contribution in [3.8, 4) is 0 Å². The molecule has 7 nitrogen and oxygen atoms in total. The van der Waals surface area contributed by atoms with E-state index >= 15 is 0 Å². The minimum atomic E-state index is -1.37.